The molecule has 0 saturated carbocycles. The molecule has 4 rings (SSSR count). The van der Waals surface area contributed by atoms with Crippen molar-refractivity contribution in [1.29, 1.82) is 0 Å². The maximum Gasteiger partial charge on any atom is 0.224 e. The smallest absolute Gasteiger partial charge is 0.224 e. The molecule has 1 fully saturated rings. The molecule has 2 aromatic carbocycles. The van der Waals surface area contributed by atoms with Crippen molar-refractivity contribution in [1.82, 2.24) is 19.6 Å². The molecular formula is C23H26N4O2. The number of carbonyl (C=O) groups is 1. The van der Waals surface area contributed by atoms with Crippen LogP contribution in [-0.4, -0.2) is 51.7 Å². The van der Waals surface area contributed by atoms with Crippen LogP contribution < -0.4 is 5.43 Å². The fraction of sp³-hybridized carbons (Fsp3) is 0.348. The molecule has 1 aliphatic rings. The molecule has 0 spiro atoms. The lowest BCUT2D eigenvalue weighted by Gasteiger charge is -2.22. The molecule has 1 aliphatic heterocycles. The molecule has 1 saturated heterocycles. The van der Waals surface area contributed by atoms with E-state index in [0.29, 0.717) is 18.4 Å². The first-order valence-electron chi connectivity index (χ1n) is 10.2. The fourth-order valence-electron chi connectivity index (χ4n) is 3.92. The molecule has 29 heavy (non-hydrogen) atoms. The van der Waals surface area contributed by atoms with Gasteiger partial charge in [0.05, 0.1) is 18.3 Å². The summed E-state index contributed by atoms with van der Waals surface area (Å²) in [6, 6.07) is 17.9. The zero-order valence-electron chi connectivity index (χ0n) is 16.5. The Bertz CT molecular complexity index is 1030. The zero-order chi connectivity index (χ0) is 20.1. The molecule has 6 heteroatoms. The minimum Gasteiger partial charge on any atom is -0.341 e. The van der Waals surface area contributed by atoms with Crippen molar-refractivity contribution in [3.63, 3.8) is 0 Å². The number of nitrogens with zero attached hydrogens (tertiary/aromatic N) is 4. The number of aryl methyl sites for hydroxylation is 1. The highest BCUT2D eigenvalue weighted by molar-refractivity contribution is 5.79. The van der Waals surface area contributed by atoms with Crippen molar-refractivity contribution in [3.05, 3.63) is 76.6 Å². The molecule has 1 amide bonds. The number of aromatic nitrogens is 2. The summed E-state index contributed by atoms with van der Waals surface area (Å²) in [7, 11) is 0. The van der Waals surface area contributed by atoms with Crippen LogP contribution >= 0.6 is 0 Å². The summed E-state index contributed by atoms with van der Waals surface area (Å²) >= 11 is 0. The van der Waals surface area contributed by atoms with E-state index in [4.69, 9.17) is 0 Å². The van der Waals surface area contributed by atoms with Gasteiger partial charge in [0, 0.05) is 44.5 Å². The summed E-state index contributed by atoms with van der Waals surface area (Å²) in [5.74, 6) is 0.149. The fourth-order valence-corrected chi connectivity index (χ4v) is 3.92. The molecule has 0 unspecified atom stereocenters. The lowest BCUT2D eigenvalue weighted by Crippen LogP contribution is -2.35. The third-order valence-electron chi connectivity index (χ3n) is 5.49. The van der Waals surface area contributed by atoms with Gasteiger partial charge in [-0.05, 0) is 24.1 Å². The number of hydrogen-bond acceptors (Lipinski definition) is 4. The van der Waals surface area contributed by atoms with Crippen molar-refractivity contribution in [3.8, 4) is 0 Å². The van der Waals surface area contributed by atoms with Gasteiger partial charge in [0.15, 0.2) is 0 Å². The third-order valence-corrected chi connectivity index (χ3v) is 5.49. The Morgan fingerprint density at radius 1 is 0.931 bits per heavy atom. The van der Waals surface area contributed by atoms with Crippen LogP contribution in [-0.2, 0) is 17.9 Å². The summed E-state index contributed by atoms with van der Waals surface area (Å²) in [4.78, 5) is 29.1. The van der Waals surface area contributed by atoms with E-state index in [9.17, 15) is 9.59 Å². The predicted octanol–water partition coefficient (Wildman–Crippen LogP) is 2.52. The van der Waals surface area contributed by atoms with Gasteiger partial charge in [-0.15, -0.1) is 0 Å². The average Bonchev–Trinajstić information content (AvgIpc) is 3.00. The van der Waals surface area contributed by atoms with Crippen molar-refractivity contribution < 1.29 is 4.79 Å². The molecule has 0 atom stereocenters. The summed E-state index contributed by atoms with van der Waals surface area (Å²) in [6.45, 7) is 4.84. The molecule has 3 aromatic rings. The van der Waals surface area contributed by atoms with Crippen LogP contribution in [0.15, 0.2) is 65.6 Å². The van der Waals surface area contributed by atoms with Gasteiger partial charge < -0.3 is 4.90 Å². The van der Waals surface area contributed by atoms with Gasteiger partial charge in [0.2, 0.25) is 11.3 Å². The standard InChI is InChI=1S/C23H26N4O2/c28-22-17-24-27(21-10-5-4-9-20(21)22)14-11-23(29)26-13-6-12-25(15-16-26)18-19-7-2-1-3-8-19/h1-5,7-10,17H,6,11-16,18H2. The highest BCUT2D eigenvalue weighted by atomic mass is 16.2. The first kappa shape index (κ1) is 19.3. The van der Waals surface area contributed by atoms with Crippen molar-refractivity contribution >= 4 is 16.8 Å². The molecule has 1 aromatic heterocycles. The van der Waals surface area contributed by atoms with Gasteiger partial charge in [-0.1, -0.05) is 42.5 Å². The molecule has 6 nitrogen and oxygen atoms in total. The molecule has 0 aliphatic carbocycles. The Morgan fingerprint density at radius 3 is 2.59 bits per heavy atom. The highest BCUT2D eigenvalue weighted by Gasteiger charge is 2.19. The molecule has 2 heterocycles. The van der Waals surface area contributed by atoms with E-state index in [-0.39, 0.29) is 11.3 Å². The van der Waals surface area contributed by atoms with Gasteiger partial charge in [-0.25, -0.2) is 0 Å². The number of fused-ring (bicyclic) bond motifs is 1. The van der Waals surface area contributed by atoms with Crippen molar-refractivity contribution in [2.24, 2.45) is 0 Å². The van der Waals surface area contributed by atoms with Crippen molar-refractivity contribution in [2.45, 2.75) is 25.9 Å². The zero-order valence-corrected chi connectivity index (χ0v) is 16.5. The van der Waals surface area contributed by atoms with Gasteiger partial charge >= 0.3 is 0 Å². The molecule has 0 N–H and O–H groups in total. The topological polar surface area (TPSA) is 58.4 Å². The monoisotopic (exact) mass is 390 g/mol. The van der Waals surface area contributed by atoms with Crippen LogP contribution in [0.3, 0.4) is 0 Å². The first-order chi connectivity index (χ1) is 14.2. The molecular weight excluding hydrogens is 364 g/mol. The van der Waals surface area contributed by atoms with E-state index >= 15 is 0 Å². The second-order valence-corrected chi connectivity index (χ2v) is 7.50. The van der Waals surface area contributed by atoms with E-state index in [1.165, 1.54) is 11.8 Å². The van der Waals surface area contributed by atoms with Gasteiger partial charge in [-0.2, -0.15) is 5.10 Å². The third kappa shape index (κ3) is 4.71. The first-order valence-corrected chi connectivity index (χ1v) is 10.2. The summed E-state index contributed by atoms with van der Waals surface area (Å²) in [5, 5.41) is 4.87. The Kier molecular flexibility index (Phi) is 6.00. The minimum atomic E-state index is -0.0887. The Morgan fingerprint density at radius 2 is 1.72 bits per heavy atom. The van der Waals surface area contributed by atoms with E-state index in [0.717, 1.165) is 44.7 Å². The van der Waals surface area contributed by atoms with Crippen LogP contribution in [0.5, 0.6) is 0 Å². The maximum absolute atomic E-state index is 12.8. The lowest BCUT2D eigenvalue weighted by molar-refractivity contribution is -0.131. The summed E-state index contributed by atoms with van der Waals surface area (Å²) in [6.07, 6.45) is 2.70. The van der Waals surface area contributed by atoms with E-state index < -0.39 is 0 Å². The Labute approximate surface area is 170 Å². The Balaban J connectivity index is 1.35. The van der Waals surface area contributed by atoms with Crippen LogP contribution in [0.25, 0.3) is 10.9 Å². The molecule has 0 bridgehead atoms. The summed E-state index contributed by atoms with van der Waals surface area (Å²) in [5.41, 5.74) is 2.00. The maximum atomic E-state index is 12.8. The van der Waals surface area contributed by atoms with Crippen molar-refractivity contribution in [2.75, 3.05) is 26.2 Å². The van der Waals surface area contributed by atoms with E-state index in [2.05, 4.69) is 34.3 Å². The van der Waals surface area contributed by atoms with Crippen LogP contribution in [0.4, 0.5) is 0 Å². The van der Waals surface area contributed by atoms with Gasteiger partial charge in [-0.3, -0.25) is 19.2 Å². The number of carbonyl (C=O) groups excluding carboxylic acids is 1. The Hall–Kier alpha value is -2.99. The second-order valence-electron chi connectivity index (χ2n) is 7.50. The number of rotatable bonds is 5. The highest BCUT2D eigenvalue weighted by Crippen LogP contribution is 2.12. The van der Waals surface area contributed by atoms with Crippen LogP contribution in [0.1, 0.15) is 18.4 Å². The van der Waals surface area contributed by atoms with Gasteiger partial charge in [0.25, 0.3) is 0 Å². The van der Waals surface area contributed by atoms with Crippen LogP contribution in [0, 0.1) is 0 Å². The number of amides is 1. The number of para-hydroxylation sites is 1. The lowest BCUT2D eigenvalue weighted by atomic mass is 10.2. The SMILES string of the molecule is O=C(CCn1ncc(=O)c2ccccc21)N1CCCN(Cc2ccccc2)CC1. The van der Waals surface area contributed by atoms with Gasteiger partial charge in [0.1, 0.15) is 0 Å². The molecule has 150 valence electrons. The number of hydrogen-bond donors (Lipinski definition) is 0. The quantitative estimate of drug-likeness (QED) is 0.672. The predicted molar refractivity (Wildman–Crippen MR) is 114 cm³/mol. The second kappa shape index (κ2) is 9.01. The van der Waals surface area contributed by atoms with E-state index in [1.54, 1.807) is 10.7 Å². The molecule has 0 radical (unpaired) electrons. The van der Waals surface area contributed by atoms with Crippen LogP contribution in [0.2, 0.25) is 0 Å². The number of benzene rings is 2. The largest absolute Gasteiger partial charge is 0.341 e. The van der Waals surface area contributed by atoms with E-state index in [1.807, 2.05) is 29.2 Å². The minimum absolute atomic E-state index is 0.0887. The average molecular weight is 390 g/mol. The summed E-state index contributed by atoms with van der Waals surface area (Å²) < 4.78 is 1.76. The normalized spacial score (nSPS) is 15.4.